The van der Waals surface area contributed by atoms with Crippen LogP contribution < -0.4 is 0 Å². The molecule has 322 valence electrons. The number of aromatic nitrogens is 5. The van der Waals surface area contributed by atoms with Crippen LogP contribution in [0.15, 0.2) is 249 Å². The SMILES string of the molecule is c1ccc(-c2cc(-c3ccccc3)nc(-c3cc(-c4nc(-c5ccccc5)cc(-c5ccccc5)n4)cc(-n4c5ccc(-c6ccccc6)c6ccc7c(-c8ccccc8)ccc4c7c65)c3)n2)cc1. The minimum Gasteiger partial charge on any atom is -0.309 e. The predicted molar refractivity (Wildman–Crippen MR) is 284 cm³/mol. The standard InChI is InChI=1S/C64H41N5/c1-7-19-42(20-8-1)51-33-35-59-61-53(51)31-32-54-52(43-21-9-2-10-22-43)34-36-60(62(54)61)69(59)50-38-48(63-65-55(44-23-11-3-12-24-44)40-56(66-63)45-25-13-4-14-26-45)37-49(39-50)64-67-57(46-27-15-5-16-28-46)41-58(68-64)47-29-17-6-18-30-47/h1-41H. The van der Waals surface area contributed by atoms with Crippen molar-refractivity contribution in [2.45, 2.75) is 0 Å². The maximum absolute atomic E-state index is 5.37. The largest absolute Gasteiger partial charge is 0.309 e. The van der Waals surface area contributed by atoms with Gasteiger partial charge in [-0.1, -0.05) is 206 Å². The van der Waals surface area contributed by atoms with Crippen molar-refractivity contribution in [1.82, 2.24) is 24.5 Å². The van der Waals surface area contributed by atoms with Crippen molar-refractivity contribution in [3.8, 4) is 95.7 Å². The molecule has 0 spiro atoms. The van der Waals surface area contributed by atoms with E-state index in [0.29, 0.717) is 11.6 Å². The summed E-state index contributed by atoms with van der Waals surface area (Å²) in [6, 6.07) is 87.4. The molecule has 0 N–H and O–H groups in total. The summed E-state index contributed by atoms with van der Waals surface area (Å²) in [6.07, 6.45) is 0. The number of hydrogen-bond acceptors (Lipinski definition) is 4. The number of hydrogen-bond donors (Lipinski definition) is 0. The summed E-state index contributed by atoms with van der Waals surface area (Å²) in [7, 11) is 0. The molecule has 0 aliphatic heterocycles. The van der Waals surface area contributed by atoms with Crippen LogP contribution in [0.25, 0.3) is 128 Å². The van der Waals surface area contributed by atoms with Gasteiger partial charge in [-0.05, 0) is 75.5 Å². The van der Waals surface area contributed by atoms with Crippen molar-refractivity contribution in [3.63, 3.8) is 0 Å². The number of benzene rings is 10. The summed E-state index contributed by atoms with van der Waals surface area (Å²) in [5, 5.41) is 4.84. The second-order valence-corrected chi connectivity index (χ2v) is 17.4. The first-order chi connectivity index (χ1) is 34.2. The molecule has 0 saturated heterocycles. The van der Waals surface area contributed by atoms with Crippen LogP contribution in [0.3, 0.4) is 0 Å². The number of nitrogens with zero attached hydrogens (tertiary/aromatic N) is 5. The summed E-state index contributed by atoms with van der Waals surface area (Å²) in [5.74, 6) is 1.21. The quantitative estimate of drug-likeness (QED) is 0.136. The van der Waals surface area contributed by atoms with Crippen LogP contribution in [0.2, 0.25) is 0 Å². The van der Waals surface area contributed by atoms with Crippen LogP contribution in [0, 0.1) is 0 Å². The molecule has 0 bridgehead atoms. The van der Waals surface area contributed by atoms with Gasteiger partial charge in [0, 0.05) is 49.8 Å². The second kappa shape index (κ2) is 16.8. The molecule has 10 aromatic carbocycles. The van der Waals surface area contributed by atoms with Crippen LogP contribution >= 0.6 is 0 Å². The van der Waals surface area contributed by atoms with Crippen molar-refractivity contribution in [1.29, 1.82) is 0 Å². The Bertz CT molecular complexity index is 3600. The highest BCUT2D eigenvalue weighted by atomic mass is 15.0. The lowest BCUT2D eigenvalue weighted by molar-refractivity contribution is 1.14. The van der Waals surface area contributed by atoms with Crippen molar-refractivity contribution < 1.29 is 0 Å². The lowest BCUT2D eigenvalue weighted by Gasteiger charge is -2.15. The fourth-order valence-electron chi connectivity index (χ4n) is 9.95. The van der Waals surface area contributed by atoms with Gasteiger partial charge in [-0.15, -0.1) is 0 Å². The summed E-state index contributed by atoms with van der Waals surface area (Å²) in [5.41, 5.74) is 17.0. The molecule has 0 aliphatic carbocycles. The Morgan fingerprint density at radius 3 is 0.870 bits per heavy atom. The van der Waals surface area contributed by atoms with E-state index in [4.69, 9.17) is 19.9 Å². The zero-order valence-corrected chi connectivity index (χ0v) is 37.4. The van der Waals surface area contributed by atoms with E-state index < -0.39 is 0 Å². The first-order valence-corrected chi connectivity index (χ1v) is 23.3. The third-order valence-corrected chi connectivity index (χ3v) is 13.2. The minimum absolute atomic E-state index is 0.603. The third kappa shape index (κ3) is 7.21. The van der Waals surface area contributed by atoms with Gasteiger partial charge in [0.2, 0.25) is 0 Å². The van der Waals surface area contributed by atoms with Gasteiger partial charge in [-0.25, -0.2) is 19.9 Å². The Hall–Kier alpha value is -9.32. The highest BCUT2D eigenvalue weighted by molar-refractivity contribution is 6.28. The van der Waals surface area contributed by atoms with Crippen molar-refractivity contribution in [2.75, 3.05) is 0 Å². The molecule has 5 nitrogen and oxygen atoms in total. The predicted octanol–water partition coefficient (Wildman–Crippen LogP) is 16.3. The molecular formula is C64H41N5. The van der Waals surface area contributed by atoms with E-state index in [9.17, 15) is 0 Å². The van der Waals surface area contributed by atoms with Crippen LogP contribution in [-0.4, -0.2) is 24.5 Å². The fourth-order valence-corrected chi connectivity index (χ4v) is 9.95. The van der Waals surface area contributed by atoms with E-state index in [2.05, 4.69) is 229 Å². The smallest absolute Gasteiger partial charge is 0.160 e. The molecule has 0 aliphatic rings. The third-order valence-electron chi connectivity index (χ3n) is 13.2. The van der Waals surface area contributed by atoms with Gasteiger partial charge in [0.25, 0.3) is 0 Å². The zero-order valence-electron chi connectivity index (χ0n) is 37.4. The van der Waals surface area contributed by atoms with Gasteiger partial charge in [0.05, 0.1) is 33.8 Å². The molecular weight excluding hydrogens is 839 g/mol. The van der Waals surface area contributed by atoms with Gasteiger partial charge < -0.3 is 4.57 Å². The molecule has 5 heteroatoms. The molecule has 0 saturated carbocycles. The molecule has 13 rings (SSSR count). The van der Waals surface area contributed by atoms with E-state index in [1.54, 1.807) is 0 Å². The normalized spacial score (nSPS) is 11.5. The average Bonchev–Trinajstić information content (AvgIpc) is 3.78. The molecule has 0 unspecified atom stereocenters. The lowest BCUT2D eigenvalue weighted by Crippen LogP contribution is -2.01. The lowest BCUT2D eigenvalue weighted by atomic mass is 9.91. The Balaban J connectivity index is 1.12. The molecule has 69 heavy (non-hydrogen) atoms. The summed E-state index contributed by atoms with van der Waals surface area (Å²) >= 11 is 0. The first kappa shape index (κ1) is 40.0. The summed E-state index contributed by atoms with van der Waals surface area (Å²) in [6.45, 7) is 0. The van der Waals surface area contributed by atoms with Crippen LogP contribution in [-0.2, 0) is 0 Å². The second-order valence-electron chi connectivity index (χ2n) is 17.4. The zero-order chi connectivity index (χ0) is 45.7. The summed E-state index contributed by atoms with van der Waals surface area (Å²) in [4.78, 5) is 21.5. The van der Waals surface area contributed by atoms with E-state index in [1.807, 2.05) is 24.3 Å². The van der Waals surface area contributed by atoms with Crippen LogP contribution in [0.1, 0.15) is 0 Å². The van der Waals surface area contributed by atoms with E-state index in [0.717, 1.165) is 72.9 Å². The van der Waals surface area contributed by atoms with Crippen molar-refractivity contribution in [2.24, 2.45) is 0 Å². The maximum Gasteiger partial charge on any atom is 0.160 e. The van der Waals surface area contributed by atoms with E-state index in [-0.39, 0.29) is 0 Å². The van der Waals surface area contributed by atoms with Gasteiger partial charge in [-0.2, -0.15) is 0 Å². The molecule has 0 fully saturated rings. The van der Waals surface area contributed by atoms with Gasteiger partial charge in [0.1, 0.15) is 0 Å². The Morgan fingerprint density at radius 1 is 0.246 bits per heavy atom. The number of rotatable bonds is 9. The molecule has 0 radical (unpaired) electrons. The van der Waals surface area contributed by atoms with Crippen LogP contribution in [0.5, 0.6) is 0 Å². The molecule has 0 atom stereocenters. The van der Waals surface area contributed by atoms with Crippen molar-refractivity contribution in [3.05, 3.63) is 249 Å². The Morgan fingerprint density at radius 2 is 0.551 bits per heavy atom. The molecule has 13 aromatic rings. The average molecular weight is 880 g/mol. The maximum atomic E-state index is 5.37. The highest BCUT2D eigenvalue weighted by Gasteiger charge is 2.23. The minimum atomic E-state index is 0.603. The van der Waals surface area contributed by atoms with Gasteiger partial charge in [0.15, 0.2) is 11.6 Å². The van der Waals surface area contributed by atoms with Gasteiger partial charge in [-0.3, -0.25) is 0 Å². The molecule has 0 amide bonds. The fraction of sp³-hybridized carbons (Fsp3) is 0. The Kier molecular flexibility index (Phi) is 9.76. The monoisotopic (exact) mass is 879 g/mol. The van der Waals surface area contributed by atoms with Gasteiger partial charge >= 0.3 is 0 Å². The van der Waals surface area contributed by atoms with E-state index >= 15 is 0 Å². The van der Waals surface area contributed by atoms with E-state index in [1.165, 1.54) is 43.8 Å². The highest BCUT2D eigenvalue weighted by Crippen LogP contribution is 2.46. The summed E-state index contributed by atoms with van der Waals surface area (Å²) < 4.78 is 2.42. The molecule has 3 heterocycles. The van der Waals surface area contributed by atoms with Crippen LogP contribution in [0.4, 0.5) is 0 Å². The topological polar surface area (TPSA) is 56.5 Å². The van der Waals surface area contributed by atoms with Crippen molar-refractivity contribution >= 4 is 32.6 Å². The molecule has 3 aromatic heterocycles. The first-order valence-electron chi connectivity index (χ1n) is 23.3. The Labute approximate surface area is 399 Å².